The maximum atomic E-state index is 8.26. The average Bonchev–Trinajstić information content (AvgIpc) is 2.29. The van der Waals surface area contributed by atoms with Crippen LogP contribution in [0.5, 0.6) is 0 Å². The zero-order chi connectivity index (χ0) is 13.0. The molecule has 1 aliphatic heterocycles. The lowest BCUT2D eigenvalue weighted by Crippen LogP contribution is -2.33. The molecule has 0 atom stereocenters. The van der Waals surface area contributed by atoms with Crippen LogP contribution in [0.2, 0.25) is 19.1 Å². The van der Waals surface area contributed by atoms with Crippen LogP contribution in [0, 0.1) is 0 Å². The molecular weight excluding hydrogens is 236 g/mol. The van der Waals surface area contributed by atoms with Gasteiger partial charge in [-0.2, -0.15) is 0 Å². The van der Waals surface area contributed by atoms with Gasteiger partial charge in [-0.3, -0.25) is 0 Å². The molecule has 0 saturated carbocycles. The number of aliphatic hydroxyl groups excluding tert-OH is 1. The number of hydrogen-bond donors (Lipinski definition) is 1. The van der Waals surface area contributed by atoms with Crippen molar-refractivity contribution in [3.63, 3.8) is 0 Å². The van der Waals surface area contributed by atoms with E-state index < -0.39 is 8.32 Å². The Morgan fingerprint density at radius 2 is 1.82 bits per heavy atom. The predicted molar refractivity (Wildman–Crippen MR) is 71.9 cm³/mol. The molecule has 1 rings (SSSR count). The monoisotopic (exact) mass is 264 g/mol. The maximum absolute atomic E-state index is 8.26. The molecule has 0 aromatic carbocycles. The first-order chi connectivity index (χ1) is 8.12. The number of aliphatic hydroxyl groups is 1. The van der Waals surface area contributed by atoms with Gasteiger partial charge in [0.2, 0.25) is 0 Å². The van der Waals surface area contributed by atoms with Crippen molar-refractivity contribution in [1.29, 1.82) is 0 Å². The molecule has 1 aliphatic rings. The lowest BCUT2D eigenvalue weighted by atomic mass is 10.4. The zero-order valence-corrected chi connectivity index (χ0v) is 12.5. The van der Waals surface area contributed by atoms with Gasteiger partial charge >= 0.3 is 0 Å². The molecule has 0 aromatic heterocycles. The van der Waals surface area contributed by atoms with Crippen molar-refractivity contribution in [2.75, 3.05) is 39.6 Å². The molecule has 0 amide bonds. The van der Waals surface area contributed by atoms with E-state index >= 15 is 0 Å². The van der Waals surface area contributed by atoms with Crippen molar-refractivity contribution in [2.45, 2.75) is 38.9 Å². The Balaban J connectivity index is 0.000000302. The van der Waals surface area contributed by atoms with Gasteiger partial charge in [0.1, 0.15) is 0 Å². The van der Waals surface area contributed by atoms with Crippen LogP contribution in [-0.4, -0.2) is 53.1 Å². The van der Waals surface area contributed by atoms with Crippen molar-refractivity contribution >= 4 is 8.32 Å². The van der Waals surface area contributed by atoms with E-state index in [-0.39, 0.29) is 6.61 Å². The molecule has 104 valence electrons. The summed E-state index contributed by atoms with van der Waals surface area (Å²) in [6.07, 6.45) is 2.69. The van der Waals surface area contributed by atoms with Gasteiger partial charge in [-0.05, 0) is 32.5 Å². The van der Waals surface area contributed by atoms with E-state index in [0.717, 1.165) is 13.2 Å². The molecular formula is C12H28O4Si. The molecule has 1 N–H and O–H groups in total. The minimum Gasteiger partial charge on any atom is -0.417 e. The minimum atomic E-state index is -1.09. The summed E-state index contributed by atoms with van der Waals surface area (Å²) < 4.78 is 15.5. The highest BCUT2D eigenvalue weighted by Gasteiger charge is 2.24. The van der Waals surface area contributed by atoms with Gasteiger partial charge in [-0.15, -0.1) is 0 Å². The molecule has 17 heavy (non-hydrogen) atoms. The van der Waals surface area contributed by atoms with Gasteiger partial charge in [-0.1, -0.05) is 6.42 Å². The molecule has 4 nitrogen and oxygen atoms in total. The third kappa shape index (κ3) is 12.3. The van der Waals surface area contributed by atoms with Crippen LogP contribution in [0.3, 0.4) is 0 Å². The van der Waals surface area contributed by atoms with Gasteiger partial charge in [-0.25, -0.2) is 0 Å². The Kier molecular flexibility index (Phi) is 11.2. The molecule has 0 aliphatic carbocycles. The zero-order valence-electron chi connectivity index (χ0n) is 11.5. The van der Waals surface area contributed by atoms with E-state index in [1.807, 2.05) is 6.92 Å². The second kappa shape index (κ2) is 11.2. The van der Waals surface area contributed by atoms with E-state index in [1.165, 1.54) is 18.9 Å². The Hall–Kier alpha value is 0.0569. The van der Waals surface area contributed by atoms with Crippen LogP contribution >= 0.6 is 0 Å². The van der Waals surface area contributed by atoms with E-state index in [1.54, 1.807) is 0 Å². The molecule has 1 heterocycles. The first-order valence-corrected chi connectivity index (χ1v) is 9.64. The van der Waals surface area contributed by atoms with Crippen LogP contribution in [-0.2, 0) is 13.9 Å². The molecule has 1 fully saturated rings. The largest absolute Gasteiger partial charge is 0.417 e. The average molecular weight is 264 g/mol. The van der Waals surface area contributed by atoms with Gasteiger partial charge in [0.15, 0.2) is 8.32 Å². The maximum Gasteiger partial charge on any atom is 0.186 e. The second-order valence-electron chi connectivity index (χ2n) is 4.60. The second-order valence-corrected chi connectivity index (χ2v) is 8.91. The number of hydrogen-bond acceptors (Lipinski definition) is 4. The molecule has 5 heteroatoms. The van der Waals surface area contributed by atoms with Crippen LogP contribution in [0.1, 0.15) is 19.8 Å². The molecule has 1 saturated heterocycles. The fourth-order valence-corrected chi connectivity index (χ4v) is 3.44. The Morgan fingerprint density at radius 1 is 1.12 bits per heavy atom. The fraction of sp³-hybridized carbons (Fsp3) is 1.00. The highest BCUT2D eigenvalue weighted by Crippen LogP contribution is 2.20. The van der Waals surface area contributed by atoms with Crippen molar-refractivity contribution in [3.05, 3.63) is 0 Å². The normalized spacial score (nSPS) is 18.4. The SMILES string of the molecule is CCOCCOCCO.C[Si]1(C)CCCCO1. The van der Waals surface area contributed by atoms with Crippen molar-refractivity contribution in [1.82, 2.24) is 0 Å². The van der Waals surface area contributed by atoms with Gasteiger partial charge in [0.05, 0.1) is 26.4 Å². The van der Waals surface area contributed by atoms with Gasteiger partial charge in [0.25, 0.3) is 0 Å². The molecule has 0 spiro atoms. The van der Waals surface area contributed by atoms with Crippen molar-refractivity contribution in [3.8, 4) is 0 Å². The molecule has 0 bridgehead atoms. The molecule has 0 radical (unpaired) electrons. The molecule has 0 unspecified atom stereocenters. The molecule has 0 aromatic rings. The standard InChI is InChI=1S/C6H14O3.C6H14OSi/c1-2-8-5-6-9-4-3-7;1-8(2)6-4-3-5-7-8/h7H,2-6H2,1H3;3-6H2,1-2H3. The first-order valence-electron chi connectivity index (χ1n) is 6.52. The summed E-state index contributed by atoms with van der Waals surface area (Å²) in [6.45, 7) is 9.98. The third-order valence-electron chi connectivity index (χ3n) is 2.48. The van der Waals surface area contributed by atoms with Crippen LogP contribution < -0.4 is 0 Å². The van der Waals surface area contributed by atoms with E-state index in [0.29, 0.717) is 19.8 Å². The van der Waals surface area contributed by atoms with Gasteiger partial charge < -0.3 is 19.0 Å². The summed E-state index contributed by atoms with van der Waals surface area (Å²) in [5.41, 5.74) is 0. The van der Waals surface area contributed by atoms with E-state index in [9.17, 15) is 0 Å². The number of ether oxygens (including phenoxy) is 2. The van der Waals surface area contributed by atoms with Crippen LogP contribution in [0.25, 0.3) is 0 Å². The minimum absolute atomic E-state index is 0.0894. The highest BCUT2D eigenvalue weighted by molar-refractivity contribution is 6.71. The van der Waals surface area contributed by atoms with Crippen molar-refractivity contribution < 1.29 is 19.0 Å². The van der Waals surface area contributed by atoms with E-state index in [4.69, 9.17) is 19.0 Å². The summed E-state index contributed by atoms with van der Waals surface area (Å²) in [6, 6.07) is 1.37. The summed E-state index contributed by atoms with van der Waals surface area (Å²) in [5.74, 6) is 0. The first kappa shape index (κ1) is 17.1. The summed E-state index contributed by atoms with van der Waals surface area (Å²) >= 11 is 0. The number of rotatable bonds is 6. The smallest absolute Gasteiger partial charge is 0.186 e. The third-order valence-corrected chi connectivity index (χ3v) is 5.02. The lowest BCUT2D eigenvalue weighted by molar-refractivity contribution is 0.0370. The Labute approximate surface area is 106 Å². The van der Waals surface area contributed by atoms with Crippen LogP contribution in [0.4, 0.5) is 0 Å². The Morgan fingerprint density at radius 3 is 2.24 bits per heavy atom. The summed E-state index contributed by atoms with van der Waals surface area (Å²) in [4.78, 5) is 0. The van der Waals surface area contributed by atoms with Crippen molar-refractivity contribution in [2.24, 2.45) is 0 Å². The summed E-state index contributed by atoms with van der Waals surface area (Å²) in [5, 5.41) is 8.26. The lowest BCUT2D eigenvalue weighted by Gasteiger charge is -2.27. The quantitative estimate of drug-likeness (QED) is 0.589. The van der Waals surface area contributed by atoms with E-state index in [2.05, 4.69) is 13.1 Å². The Bertz CT molecular complexity index is 151. The fourth-order valence-electron chi connectivity index (χ4n) is 1.50. The van der Waals surface area contributed by atoms with Crippen LogP contribution in [0.15, 0.2) is 0 Å². The summed E-state index contributed by atoms with van der Waals surface area (Å²) in [7, 11) is -1.09. The predicted octanol–water partition coefficient (Wildman–Crippen LogP) is 2.03. The topological polar surface area (TPSA) is 47.9 Å². The van der Waals surface area contributed by atoms with Gasteiger partial charge in [0, 0.05) is 13.2 Å². The highest BCUT2D eigenvalue weighted by atomic mass is 28.4.